The molecule has 0 aliphatic carbocycles. The molecule has 1 fully saturated rings. The quantitative estimate of drug-likeness (QED) is 0.696. The van der Waals surface area contributed by atoms with Gasteiger partial charge in [0.2, 0.25) is 5.91 Å². The predicted octanol–water partition coefficient (Wildman–Crippen LogP) is 1.26. The number of benzene rings is 2. The summed E-state index contributed by atoms with van der Waals surface area (Å²) in [5.74, 6) is -0.346. The number of hydrogen-bond donors (Lipinski definition) is 2. The van der Waals surface area contributed by atoms with Gasteiger partial charge in [-0.2, -0.15) is 0 Å². The second-order valence-corrected chi connectivity index (χ2v) is 6.15. The molecule has 2 heterocycles. The van der Waals surface area contributed by atoms with Crippen molar-refractivity contribution in [2.75, 3.05) is 11.9 Å². The molecule has 6 nitrogen and oxygen atoms in total. The van der Waals surface area contributed by atoms with Crippen molar-refractivity contribution in [2.24, 2.45) is 0 Å². The number of hydrogen-bond acceptors (Lipinski definition) is 5. The molecule has 1 aliphatic heterocycles. The Kier molecular flexibility index (Phi) is 4.37. The summed E-state index contributed by atoms with van der Waals surface area (Å²) < 4.78 is 5.15. The van der Waals surface area contributed by atoms with Crippen LogP contribution in [0.25, 0.3) is 10.8 Å². The maximum Gasteiger partial charge on any atom is 0.485 e. The standard InChI is InChI=1S/C19H16BN3O3/c24-18(23-17-6-3-15-11-21-8-7-14(15)10-17)9-13-1-4-16(5-2-13)20-22-12-19(25)26-20/h1-8,10-11,22H,9,12H2,(H,23,24). The fourth-order valence-corrected chi connectivity index (χ4v) is 2.94. The summed E-state index contributed by atoms with van der Waals surface area (Å²) in [5.41, 5.74) is 2.51. The summed E-state index contributed by atoms with van der Waals surface area (Å²) in [6.45, 7) is 0.219. The van der Waals surface area contributed by atoms with Crippen LogP contribution in [-0.2, 0) is 20.7 Å². The molecule has 0 atom stereocenters. The lowest BCUT2D eigenvalue weighted by molar-refractivity contribution is -0.131. The van der Waals surface area contributed by atoms with Crippen LogP contribution in [-0.4, -0.2) is 30.5 Å². The van der Waals surface area contributed by atoms with Gasteiger partial charge in [0.15, 0.2) is 0 Å². The Hall–Kier alpha value is -3.19. The Morgan fingerprint density at radius 3 is 2.77 bits per heavy atom. The highest BCUT2D eigenvalue weighted by molar-refractivity contribution is 6.68. The highest BCUT2D eigenvalue weighted by atomic mass is 16.5. The van der Waals surface area contributed by atoms with Crippen molar-refractivity contribution in [3.63, 3.8) is 0 Å². The number of rotatable bonds is 4. The lowest BCUT2D eigenvalue weighted by Gasteiger charge is -2.08. The first-order valence-corrected chi connectivity index (χ1v) is 8.33. The molecule has 0 spiro atoms. The molecule has 0 radical (unpaired) electrons. The van der Waals surface area contributed by atoms with Crippen molar-refractivity contribution >= 4 is 40.8 Å². The van der Waals surface area contributed by atoms with Crippen LogP contribution in [0.15, 0.2) is 60.9 Å². The van der Waals surface area contributed by atoms with Gasteiger partial charge in [-0.25, -0.2) is 0 Å². The van der Waals surface area contributed by atoms with Gasteiger partial charge in [-0.3, -0.25) is 14.6 Å². The highest BCUT2D eigenvalue weighted by Crippen LogP contribution is 2.18. The molecule has 1 aromatic heterocycles. The first-order valence-electron chi connectivity index (χ1n) is 8.33. The average Bonchev–Trinajstić information content (AvgIpc) is 3.08. The molecule has 0 bridgehead atoms. The fraction of sp³-hybridized carbons (Fsp3) is 0.105. The molecule has 2 aromatic carbocycles. The van der Waals surface area contributed by atoms with E-state index in [4.69, 9.17) is 4.65 Å². The molecule has 4 rings (SSSR count). The van der Waals surface area contributed by atoms with Crippen LogP contribution < -0.4 is 16.0 Å². The zero-order valence-corrected chi connectivity index (χ0v) is 13.9. The van der Waals surface area contributed by atoms with E-state index in [0.29, 0.717) is 0 Å². The topological polar surface area (TPSA) is 80.3 Å². The molecular formula is C19H16BN3O3. The summed E-state index contributed by atoms with van der Waals surface area (Å²) >= 11 is 0. The molecule has 0 saturated carbocycles. The van der Waals surface area contributed by atoms with E-state index in [-0.39, 0.29) is 24.8 Å². The third kappa shape index (κ3) is 3.57. The van der Waals surface area contributed by atoms with E-state index >= 15 is 0 Å². The van der Waals surface area contributed by atoms with Gasteiger partial charge in [-0.1, -0.05) is 30.3 Å². The zero-order valence-electron chi connectivity index (χ0n) is 13.9. The lowest BCUT2D eigenvalue weighted by atomic mass is 9.74. The van der Waals surface area contributed by atoms with Gasteiger partial charge in [0, 0.05) is 23.5 Å². The maximum absolute atomic E-state index is 12.3. The number of pyridine rings is 1. The second-order valence-electron chi connectivity index (χ2n) is 6.15. The molecule has 3 aromatic rings. The molecular weight excluding hydrogens is 329 g/mol. The van der Waals surface area contributed by atoms with E-state index in [1.54, 1.807) is 12.4 Å². The van der Waals surface area contributed by atoms with Gasteiger partial charge in [0.05, 0.1) is 13.0 Å². The maximum atomic E-state index is 12.3. The van der Waals surface area contributed by atoms with Crippen molar-refractivity contribution in [1.82, 2.24) is 10.2 Å². The fourth-order valence-electron chi connectivity index (χ4n) is 2.94. The Morgan fingerprint density at radius 1 is 1.15 bits per heavy atom. The molecule has 7 heteroatoms. The number of amides is 1. The van der Waals surface area contributed by atoms with Crippen LogP contribution in [0.3, 0.4) is 0 Å². The van der Waals surface area contributed by atoms with Gasteiger partial charge < -0.3 is 15.2 Å². The average molecular weight is 345 g/mol. The first kappa shape index (κ1) is 16.3. The number of carbonyl (C=O) groups is 2. The van der Waals surface area contributed by atoms with Crippen molar-refractivity contribution in [1.29, 1.82) is 0 Å². The molecule has 1 aliphatic rings. The highest BCUT2D eigenvalue weighted by Gasteiger charge is 2.30. The Bertz CT molecular complexity index is 975. The lowest BCUT2D eigenvalue weighted by Crippen LogP contribution is -2.41. The largest absolute Gasteiger partial charge is 0.515 e. The SMILES string of the molecule is O=C(Cc1ccc(B2NCC(=O)O2)cc1)Nc1ccc2cnccc2c1. The normalized spacial score (nSPS) is 13.7. The number of aromatic nitrogens is 1. The van der Waals surface area contributed by atoms with Crippen LogP contribution in [0.2, 0.25) is 0 Å². The van der Waals surface area contributed by atoms with Gasteiger partial charge >= 0.3 is 13.0 Å². The number of carbonyl (C=O) groups excluding carboxylic acids is 2. The minimum absolute atomic E-state index is 0.0865. The van der Waals surface area contributed by atoms with E-state index in [0.717, 1.165) is 27.5 Å². The van der Waals surface area contributed by atoms with E-state index in [9.17, 15) is 9.59 Å². The Morgan fingerprint density at radius 2 is 2.00 bits per heavy atom. The Balaban J connectivity index is 1.40. The number of anilines is 1. The molecule has 1 saturated heterocycles. The van der Waals surface area contributed by atoms with Gasteiger partial charge in [0.1, 0.15) is 0 Å². The van der Waals surface area contributed by atoms with E-state index < -0.39 is 7.05 Å². The minimum Gasteiger partial charge on any atom is -0.515 e. The van der Waals surface area contributed by atoms with Crippen molar-refractivity contribution in [3.05, 3.63) is 66.5 Å². The Labute approximate surface area is 150 Å². The van der Waals surface area contributed by atoms with E-state index in [1.807, 2.05) is 48.5 Å². The molecule has 26 heavy (non-hydrogen) atoms. The molecule has 1 amide bonds. The van der Waals surface area contributed by atoms with E-state index in [2.05, 4.69) is 15.5 Å². The third-order valence-corrected chi connectivity index (χ3v) is 4.25. The summed E-state index contributed by atoms with van der Waals surface area (Å²) in [4.78, 5) is 27.5. The first-order chi connectivity index (χ1) is 12.7. The van der Waals surface area contributed by atoms with Crippen molar-refractivity contribution in [3.8, 4) is 0 Å². The smallest absolute Gasteiger partial charge is 0.485 e. The molecule has 128 valence electrons. The summed E-state index contributed by atoms with van der Waals surface area (Å²) in [7, 11) is -0.405. The number of nitrogens with zero attached hydrogens (tertiary/aromatic N) is 1. The van der Waals surface area contributed by atoms with Crippen LogP contribution in [0.5, 0.6) is 0 Å². The monoisotopic (exact) mass is 345 g/mol. The van der Waals surface area contributed by atoms with Gasteiger partial charge in [0.25, 0.3) is 0 Å². The zero-order chi connectivity index (χ0) is 17.9. The van der Waals surface area contributed by atoms with E-state index in [1.165, 1.54) is 0 Å². The molecule has 2 N–H and O–H groups in total. The second kappa shape index (κ2) is 6.97. The summed E-state index contributed by atoms with van der Waals surface area (Å²) in [6.07, 6.45) is 3.79. The summed E-state index contributed by atoms with van der Waals surface area (Å²) in [6, 6.07) is 15.1. The van der Waals surface area contributed by atoms with Gasteiger partial charge in [-0.05, 0) is 34.6 Å². The van der Waals surface area contributed by atoms with Crippen LogP contribution in [0.4, 0.5) is 5.69 Å². The number of fused-ring (bicyclic) bond motifs is 1. The molecule has 0 unspecified atom stereocenters. The van der Waals surface area contributed by atoms with Crippen LogP contribution in [0, 0.1) is 0 Å². The van der Waals surface area contributed by atoms with Crippen molar-refractivity contribution in [2.45, 2.75) is 6.42 Å². The van der Waals surface area contributed by atoms with Crippen LogP contribution >= 0.6 is 0 Å². The number of nitrogens with one attached hydrogen (secondary N) is 2. The van der Waals surface area contributed by atoms with Gasteiger partial charge in [-0.15, -0.1) is 0 Å². The predicted molar refractivity (Wildman–Crippen MR) is 100 cm³/mol. The van der Waals surface area contributed by atoms with Crippen LogP contribution in [0.1, 0.15) is 5.56 Å². The summed E-state index contributed by atoms with van der Waals surface area (Å²) in [5, 5.41) is 7.95. The van der Waals surface area contributed by atoms with Crippen molar-refractivity contribution < 1.29 is 14.2 Å². The third-order valence-electron chi connectivity index (χ3n) is 4.25. The minimum atomic E-state index is -0.405.